The van der Waals surface area contributed by atoms with Gasteiger partial charge in [-0.05, 0) is 41.7 Å². The van der Waals surface area contributed by atoms with Crippen molar-refractivity contribution in [1.29, 1.82) is 0 Å². The fraction of sp³-hybridized carbons (Fsp3) is 0.667. The fourth-order valence-electron chi connectivity index (χ4n) is 2.68. The second kappa shape index (κ2) is 6.24. The Morgan fingerprint density at radius 2 is 2.35 bits per heavy atom. The van der Waals surface area contributed by atoms with Crippen molar-refractivity contribution in [3.8, 4) is 0 Å². The Morgan fingerprint density at radius 1 is 1.60 bits per heavy atom. The molecule has 1 N–H and O–H groups in total. The predicted molar refractivity (Wildman–Crippen MR) is 81.6 cm³/mol. The Labute approximate surface area is 125 Å². The Kier molecular flexibility index (Phi) is 4.83. The maximum absolute atomic E-state index is 12.7. The predicted octanol–water partition coefficient (Wildman–Crippen LogP) is 2.63. The number of thiophene rings is 1. The zero-order chi connectivity index (χ0) is 14.8. The van der Waals surface area contributed by atoms with Gasteiger partial charge in [-0.2, -0.15) is 11.3 Å². The molecule has 0 bridgehead atoms. The van der Waals surface area contributed by atoms with E-state index in [9.17, 15) is 4.79 Å². The van der Waals surface area contributed by atoms with Crippen LogP contribution in [0.25, 0.3) is 0 Å². The summed E-state index contributed by atoms with van der Waals surface area (Å²) in [7, 11) is 1.70. The summed E-state index contributed by atoms with van der Waals surface area (Å²) in [5.74, 6) is 0.519. The number of amides is 1. The Hall–Kier alpha value is -0.910. The molecule has 1 aromatic heterocycles. The molecule has 1 saturated heterocycles. The lowest BCUT2D eigenvalue weighted by Crippen LogP contribution is -2.43. The number of hydrogen-bond acceptors (Lipinski definition) is 4. The van der Waals surface area contributed by atoms with Crippen LogP contribution in [0.3, 0.4) is 0 Å². The first-order valence-corrected chi connectivity index (χ1v) is 8.06. The molecule has 0 spiro atoms. The van der Waals surface area contributed by atoms with Gasteiger partial charge < -0.3 is 9.64 Å². The zero-order valence-corrected chi connectivity index (χ0v) is 13.5. The number of ether oxygens (including phenoxy) is 1. The van der Waals surface area contributed by atoms with Crippen LogP contribution in [0.15, 0.2) is 16.8 Å². The van der Waals surface area contributed by atoms with Crippen molar-refractivity contribution in [2.24, 2.45) is 5.92 Å². The molecule has 0 saturated carbocycles. The maximum atomic E-state index is 12.7. The summed E-state index contributed by atoms with van der Waals surface area (Å²) >= 11 is 1.66. The number of carbonyl (C=O) groups is 1. The van der Waals surface area contributed by atoms with Crippen LogP contribution in [0.1, 0.15) is 38.9 Å². The molecule has 1 amide bonds. The first kappa shape index (κ1) is 15.5. The number of methoxy groups -OCH3 is 1. The minimum atomic E-state index is -0.459. The van der Waals surface area contributed by atoms with Gasteiger partial charge in [-0.25, -0.2) is 0 Å². The third-order valence-electron chi connectivity index (χ3n) is 4.03. The number of nitrogens with zero attached hydrogens (tertiary/aromatic N) is 1. The van der Waals surface area contributed by atoms with Gasteiger partial charge >= 0.3 is 0 Å². The number of nitrogens with one attached hydrogen (secondary N) is 1. The molecular weight excluding hydrogens is 272 g/mol. The van der Waals surface area contributed by atoms with E-state index in [2.05, 4.69) is 36.0 Å². The lowest BCUT2D eigenvalue weighted by molar-refractivity contribution is -0.133. The van der Waals surface area contributed by atoms with Crippen LogP contribution in [0, 0.1) is 5.92 Å². The van der Waals surface area contributed by atoms with Crippen molar-refractivity contribution in [2.45, 2.75) is 38.9 Å². The molecule has 0 aliphatic carbocycles. The molecule has 1 fully saturated rings. The molecule has 1 aliphatic heterocycles. The molecule has 4 nitrogen and oxygen atoms in total. The van der Waals surface area contributed by atoms with Crippen molar-refractivity contribution in [3.05, 3.63) is 22.4 Å². The fourth-order valence-corrected chi connectivity index (χ4v) is 3.36. The van der Waals surface area contributed by atoms with Gasteiger partial charge in [-0.3, -0.25) is 10.1 Å². The molecule has 3 unspecified atom stereocenters. The first-order chi connectivity index (χ1) is 9.51. The zero-order valence-electron chi connectivity index (χ0n) is 12.7. The third-order valence-corrected chi connectivity index (χ3v) is 4.73. The van der Waals surface area contributed by atoms with E-state index in [0.29, 0.717) is 12.5 Å². The summed E-state index contributed by atoms with van der Waals surface area (Å²) in [4.78, 5) is 14.7. The summed E-state index contributed by atoms with van der Waals surface area (Å²) in [5.41, 5.74) is 0.712. The quantitative estimate of drug-likeness (QED) is 0.877. The van der Waals surface area contributed by atoms with E-state index in [1.165, 1.54) is 5.56 Å². The second-order valence-corrected chi connectivity index (χ2v) is 6.59. The number of hydrogen-bond donors (Lipinski definition) is 1. The van der Waals surface area contributed by atoms with E-state index >= 15 is 0 Å². The monoisotopic (exact) mass is 296 g/mol. The van der Waals surface area contributed by atoms with Gasteiger partial charge in [0.15, 0.2) is 0 Å². The molecule has 20 heavy (non-hydrogen) atoms. The van der Waals surface area contributed by atoms with Gasteiger partial charge in [-0.15, -0.1) is 0 Å². The second-order valence-electron chi connectivity index (χ2n) is 5.81. The van der Waals surface area contributed by atoms with Crippen LogP contribution in [0.2, 0.25) is 0 Å². The van der Waals surface area contributed by atoms with Crippen LogP contribution >= 0.6 is 11.3 Å². The summed E-state index contributed by atoms with van der Waals surface area (Å²) in [6.07, 6.45) is 0.778. The SMILES string of the molecule is CCC1(C)NC(c2ccsc2)N(CC(C)COC)C1=O. The summed E-state index contributed by atoms with van der Waals surface area (Å²) in [6, 6.07) is 2.09. The summed E-state index contributed by atoms with van der Waals surface area (Å²) in [5, 5.41) is 7.68. The van der Waals surface area contributed by atoms with Crippen molar-refractivity contribution in [3.63, 3.8) is 0 Å². The van der Waals surface area contributed by atoms with Crippen molar-refractivity contribution in [2.75, 3.05) is 20.3 Å². The molecule has 0 aromatic carbocycles. The van der Waals surface area contributed by atoms with Crippen molar-refractivity contribution >= 4 is 17.2 Å². The highest BCUT2D eigenvalue weighted by molar-refractivity contribution is 7.07. The van der Waals surface area contributed by atoms with Gasteiger partial charge in [0, 0.05) is 13.7 Å². The molecule has 5 heteroatoms. The van der Waals surface area contributed by atoms with Gasteiger partial charge in [0.1, 0.15) is 6.17 Å². The normalized spacial score (nSPS) is 28.1. The van der Waals surface area contributed by atoms with Crippen LogP contribution in [-0.2, 0) is 9.53 Å². The largest absolute Gasteiger partial charge is 0.384 e. The van der Waals surface area contributed by atoms with E-state index < -0.39 is 5.54 Å². The van der Waals surface area contributed by atoms with E-state index in [-0.39, 0.29) is 12.1 Å². The van der Waals surface area contributed by atoms with Crippen molar-refractivity contribution in [1.82, 2.24) is 10.2 Å². The topological polar surface area (TPSA) is 41.6 Å². The van der Waals surface area contributed by atoms with Crippen LogP contribution < -0.4 is 5.32 Å². The number of carbonyl (C=O) groups excluding carboxylic acids is 1. The Balaban J connectivity index is 2.22. The first-order valence-electron chi connectivity index (χ1n) is 7.11. The lowest BCUT2D eigenvalue weighted by Gasteiger charge is -2.26. The molecule has 0 radical (unpaired) electrons. The Morgan fingerprint density at radius 3 is 2.90 bits per heavy atom. The van der Waals surface area contributed by atoms with E-state index in [1.54, 1.807) is 18.4 Å². The van der Waals surface area contributed by atoms with Crippen LogP contribution in [0.5, 0.6) is 0 Å². The average molecular weight is 296 g/mol. The lowest BCUT2D eigenvalue weighted by atomic mass is 9.99. The minimum absolute atomic E-state index is 0.0157. The van der Waals surface area contributed by atoms with Gasteiger partial charge in [0.05, 0.1) is 12.1 Å². The summed E-state index contributed by atoms with van der Waals surface area (Å²) < 4.78 is 5.20. The molecule has 3 atom stereocenters. The molecule has 1 aromatic rings. The standard InChI is InChI=1S/C15H24N2O2S/c1-5-15(3)14(18)17(8-11(2)9-19-4)13(16-15)12-6-7-20-10-12/h6-7,10-11,13,16H,5,8-9H2,1-4H3. The number of rotatable bonds is 6. The smallest absolute Gasteiger partial charge is 0.244 e. The molecule has 2 heterocycles. The highest BCUT2D eigenvalue weighted by Gasteiger charge is 2.47. The van der Waals surface area contributed by atoms with E-state index in [0.717, 1.165) is 13.0 Å². The van der Waals surface area contributed by atoms with Crippen LogP contribution in [0.4, 0.5) is 0 Å². The Bertz CT molecular complexity index is 449. The highest BCUT2D eigenvalue weighted by atomic mass is 32.1. The maximum Gasteiger partial charge on any atom is 0.244 e. The molecule has 1 aliphatic rings. The molecular formula is C15H24N2O2S. The van der Waals surface area contributed by atoms with Gasteiger partial charge in [-0.1, -0.05) is 13.8 Å². The van der Waals surface area contributed by atoms with E-state index in [1.807, 2.05) is 11.8 Å². The van der Waals surface area contributed by atoms with Gasteiger partial charge in [0.25, 0.3) is 0 Å². The molecule has 112 valence electrons. The minimum Gasteiger partial charge on any atom is -0.384 e. The highest BCUT2D eigenvalue weighted by Crippen LogP contribution is 2.33. The summed E-state index contributed by atoms with van der Waals surface area (Å²) in [6.45, 7) is 7.55. The van der Waals surface area contributed by atoms with Crippen molar-refractivity contribution < 1.29 is 9.53 Å². The van der Waals surface area contributed by atoms with Gasteiger partial charge in [0.2, 0.25) is 5.91 Å². The van der Waals surface area contributed by atoms with Crippen LogP contribution in [-0.4, -0.2) is 36.6 Å². The average Bonchev–Trinajstić information content (AvgIpc) is 3.02. The molecule has 2 rings (SSSR count). The third kappa shape index (κ3) is 2.90. The van der Waals surface area contributed by atoms with E-state index in [4.69, 9.17) is 4.74 Å².